The molecule has 5 rings (SSSR count). The van der Waals surface area contributed by atoms with Crippen LogP contribution in [0.5, 0.6) is 0 Å². The van der Waals surface area contributed by atoms with E-state index in [1.807, 2.05) is 13.1 Å². The Morgan fingerprint density at radius 2 is 1.80 bits per heavy atom. The summed E-state index contributed by atoms with van der Waals surface area (Å²) in [5, 5.41) is 9.16. The summed E-state index contributed by atoms with van der Waals surface area (Å²) in [6.45, 7) is 1.92. The molecule has 20 heavy (non-hydrogen) atoms. The summed E-state index contributed by atoms with van der Waals surface area (Å²) in [6, 6.07) is 4.35. The lowest BCUT2D eigenvalue weighted by molar-refractivity contribution is -0.0360. The quantitative estimate of drug-likeness (QED) is 0.814. The van der Waals surface area contributed by atoms with Gasteiger partial charge >= 0.3 is 0 Å². The highest BCUT2D eigenvalue weighted by Gasteiger charge is 2.47. The lowest BCUT2D eigenvalue weighted by Crippen LogP contribution is -2.45. The van der Waals surface area contributed by atoms with Gasteiger partial charge in [0.15, 0.2) is 0 Å². The van der Waals surface area contributed by atoms with Gasteiger partial charge < -0.3 is 0 Å². The number of pyridine rings is 1. The molecule has 4 saturated carbocycles. The van der Waals surface area contributed by atoms with Crippen LogP contribution in [0.4, 0.5) is 0 Å². The van der Waals surface area contributed by atoms with Crippen molar-refractivity contribution < 1.29 is 0 Å². The van der Waals surface area contributed by atoms with Crippen molar-refractivity contribution in [3.05, 3.63) is 29.1 Å². The van der Waals surface area contributed by atoms with Crippen LogP contribution in [0.2, 0.25) is 0 Å². The molecule has 0 N–H and O–H groups in total. The Kier molecular flexibility index (Phi) is 2.84. The van der Waals surface area contributed by atoms with Crippen LogP contribution in [0.3, 0.4) is 0 Å². The summed E-state index contributed by atoms with van der Waals surface area (Å²) in [5.41, 5.74) is 2.90. The van der Waals surface area contributed by atoms with Gasteiger partial charge in [-0.15, -0.1) is 0 Å². The molecule has 4 aliphatic rings. The average molecular weight is 266 g/mol. The van der Waals surface area contributed by atoms with E-state index in [2.05, 4.69) is 17.1 Å². The fourth-order valence-electron chi connectivity index (χ4n) is 5.44. The van der Waals surface area contributed by atoms with Crippen LogP contribution in [0.15, 0.2) is 12.3 Å². The Morgan fingerprint density at radius 3 is 2.40 bits per heavy atom. The predicted octanol–water partition coefficient (Wildman–Crippen LogP) is 3.88. The molecule has 1 heterocycles. The van der Waals surface area contributed by atoms with Gasteiger partial charge in [0.2, 0.25) is 0 Å². The van der Waals surface area contributed by atoms with Gasteiger partial charge in [0.05, 0.1) is 11.3 Å². The van der Waals surface area contributed by atoms with Crippen LogP contribution in [0.25, 0.3) is 0 Å². The molecule has 4 fully saturated rings. The Morgan fingerprint density at radius 1 is 1.15 bits per heavy atom. The van der Waals surface area contributed by atoms with Crippen molar-refractivity contribution in [2.24, 2.45) is 29.6 Å². The number of hydrogen-bond acceptors (Lipinski definition) is 2. The molecule has 0 radical (unpaired) electrons. The van der Waals surface area contributed by atoms with Gasteiger partial charge in [0.1, 0.15) is 6.07 Å². The fraction of sp³-hybridized carbons (Fsp3) is 0.667. The van der Waals surface area contributed by atoms with Gasteiger partial charge in [-0.2, -0.15) is 5.26 Å². The molecule has 0 unspecified atom stereocenters. The third-order valence-electron chi connectivity index (χ3n) is 6.16. The normalized spacial score (nSPS) is 37.9. The van der Waals surface area contributed by atoms with Crippen molar-refractivity contribution in [1.82, 2.24) is 4.98 Å². The summed E-state index contributed by atoms with van der Waals surface area (Å²) >= 11 is 0. The van der Waals surface area contributed by atoms with Crippen LogP contribution >= 0.6 is 0 Å². The first-order valence-electron chi connectivity index (χ1n) is 8.08. The van der Waals surface area contributed by atoms with E-state index in [-0.39, 0.29) is 0 Å². The van der Waals surface area contributed by atoms with Crippen molar-refractivity contribution in [3.8, 4) is 6.07 Å². The van der Waals surface area contributed by atoms with Crippen molar-refractivity contribution in [1.29, 1.82) is 5.26 Å². The molecule has 0 aliphatic heterocycles. The third-order valence-corrected chi connectivity index (χ3v) is 6.16. The summed E-state index contributed by atoms with van der Waals surface area (Å²) < 4.78 is 0. The van der Waals surface area contributed by atoms with Gasteiger partial charge in [-0.3, -0.25) is 4.98 Å². The number of aromatic nitrogens is 1. The predicted molar refractivity (Wildman–Crippen MR) is 77.9 cm³/mol. The first kappa shape index (κ1) is 12.4. The van der Waals surface area contributed by atoms with E-state index in [9.17, 15) is 0 Å². The third kappa shape index (κ3) is 1.95. The Bertz CT molecular complexity index is 541. The minimum atomic E-state index is 0.756. The number of hydrogen-bond donors (Lipinski definition) is 0. The molecule has 2 nitrogen and oxygen atoms in total. The highest BCUT2D eigenvalue weighted by Crippen LogP contribution is 2.57. The zero-order chi connectivity index (χ0) is 13.7. The van der Waals surface area contributed by atoms with Crippen LogP contribution in [0, 0.1) is 47.8 Å². The van der Waals surface area contributed by atoms with Crippen LogP contribution in [0.1, 0.15) is 48.9 Å². The van der Waals surface area contributed by atoms with E-state index in [0.717, 1.165) is 47.3 Å². The molecule has 0 amide bonds. The van der Waals surface area contributed by atoms with E-state index in [1.54, 1.807) is 0 Å². The minimum absolute atomic E-state index is 0.756. The van der Waals surface area contributed by atoms with Gasteiger partial charge in [-0.05, 0) is 86.7 Å². The molecule has 0 spiro atoms. The first-order valence-corrected chi connectivity index (χ1v) is 8.08. The van der Waals surface area contributed by atoms with E-state index in [1.165, 1.54) is 37.7 Å². The molecule has 1 aromatic rings. The summed E-state index contributed by atoms with van der Waals surface area (Å²) in [4.78, 5) is 4.41. The number of aryl methyl sites for hydroxylation is 1. The Hall–Kier alpha value is -1.36. The molecule has 0 aromatic carbocycles. The molecular formula is C18H22N2. The molecule has 4 bridgehead atoms. The maximum absolute atomic E-state index is 9.16. The Balaban J connectivity index is 1.56. The summed E-state index contributed by atoms with van der Waals surface area (Å²) in [6.07, 6.45) is 10.6. The standard InChI is InChI=1S/C18H22N2/c1-11-17(9-19)7-14(10-20-11)8-18-15-3-12-2-13(5-15)6-16(18)4-12/h7,10,12-13,15-16,18H,2-6,8H2,1H3. The molecule has 4 aliphatic carbocycles. The minimum Gasteiger partial charge on any atom is -0.260 e. The molecule has 0 atom stereocenters. The van der Waals surface area contributed by atoms with Crippen molar-refractivity contribution >= 4 is 0 Å². The van der Waals surface area contributed by atoms with Crippen LogP contribution in [-0.2, 0) is 6.42 Å². The second kappa shape index (κ2) is 4.58. The van der Waals surface area contributed by atoms with Crippen molar-refractivity contribution in [2.45, 2.75) is 45.4 Å². The maximum atomic E-state index is 9.16. The van der Waals surface area contributed by atoms with Gasteiger partial charge in [0, 0.05) is 6.20 Å². The molecule has 2 heteroatoms. The van der Waals surface area contributed by atoms with Gasteiger partial charge in [0.25, 0.3) is 0 Å². The van der Waals surface area contributed by atoms with Gasteiger partial charge in [-0.1, -0.05) is 0 Å². The van der Waals surface area contributed by atoms with E-state index in [0.29, 0.717) is 0 Å². The topological polar surface area (TPSA) is 36.7 Å². The zero-order valence-electron chi connectivity index (χ0n) is 12.2. The number of nitriles is 1. The lowest BCUT2D eigenvalue weighted by atomic mass is 9.51. The number of rotatable bonds is 2. The van der Waals surface area contributed by atoms with Crippen LogP contribution < -0.4 is 0 Å². The smallest absolute Gasteiger partial charge is 0.101 e. The van der Waals surface area contributed by atoms with E-state index in [4.69, 9.17) is 5.26 Å². The first-order chi connectivity index (χ1) is 9.72. The fourth-order valence-corrected chi connectivity index (χ4v) is 5.44. The SMILES string of the molecule is Cc1ncc(CC2C3CC4CC(C3)CC2C4)cc1C#N. The summed E-state index contributed by atoms with van der Waals surface area (Å²) in [5.74, 6) is 4.86. The lowest BCUT2D eigenvalue weighted by Gasteiger charge is -2.54. The maximum Gasteiger partial charge on any atom is 0.101 e. The highest BCUT2D eigenvalue weighted by molar-refractivity contribution is 5.35. The van der Waals surface area contributed by atoms with E-state index < -0.39 is 0 Å². The van der Waals surface area contributed by atoms with E-state index >= 15 is 0 Å². The average Bonchev–Trinajstić information content (AvgIpc) is 2.44. The molecule has 0 saturated heterocycles. The largest absolute Gasteiger partial charge is 0.260 e. The molecule has 1 aromatic heterocycles. The second-order valence-corrected chi connectivity index (χ2v) is 7.39. The number of nitrogens with zero attached hydrogens (tertiary/aromatic N) is 2. The monoisotopic (exact) mass is 266 g/mol. The van der Waals surface area contributed by atoms with Crippen LogP contribution in [-0.4, -0.2) is 4.98 Å². The molecule has 104 valence electrons. The summed E-state index contributed by atoms with van der Waals surface area (Å²) in [7, 11) is 0. The zero-order valence-corrected chi connectivity index (χ0v) is 12.2. The van der Waals surface area contributed by atoms with Gasteiger partial charge in [-0.25, -0.2) is 0 Å². The second-order valence-electron chi connectivity index (χ2n) is 7.39. The molecular weight excluding hydrogens is 244 g/mol. The van der Waals surface area contributed by atoms with Crippen molar-refractivity contribution in [2.75, 3.05) is 0 Å². The highest BCUT2D eigenvalue weighted by atomic mass is 14.7. The Labute approximate surface area is 121 Å². The van der Waals surface area contributed by atoms with Crippen molar-refractivity contribution in [3.63, 3.8) is 0 Å².